The Kier molecular flexibility index (Phi) is 5.93. The summed E-state index contributed by atoms with van der Waals surface area (Å²) in [5.41, 5.74) is 2.91. The van der Waals surface area contributed by atoms with Crippen molar-refractivity contribution in [1.82, 2.24) is 34.4 Å². The van der Waals surface area contributed by atoms with E-state index in [9.17, 15) is 15.0 Å². The number of aromatic nitrogens is 6. The molecule has 1 aromatic carbocycles. The lowest BCUT2D eigenvalue weighted by molar-refractivity contribution is 0.213. The van der Waals surface area contributed by atoms with Crippen molar-refractivity contribution in [2.24, 2.45) is 0 Å². The van der Waals surface area contributed by atoms with Crippen LogP contribution in [0.25, 0.3) is 33.2 Å². The van der Waals surface area contributed by atoms with Gasteiger partial charge in [0.2, 0.25) is 0 Å². The average molecular weight is 503 g/mol. The molecule has 0 bridgehead atoms. The van der Waals surface area contributed by atoms with Crippen LogP contribution in [-0.4, -0.2) is 77.4 Å². The predicted molar refractivity (Wildman–Crippen MR) is 142 cm³/mol. The molecule has 1 aliphatic heterocycles. The summed E-state index contributed by atoms with van der Waals surface area (Å²) in [6.07, 6.45) is 9.36. The summed E-state index contributed by atoms with van der Waals surface area (Å²) in [4.78, 5) is 33.0. The summed E-state index contributed by atoms with van der Waals surface area (Å²) in [7, 11) is 2.12. The van der Waals surface area contributed by atoms with E-state index in [0.717, 1.165) is 47.9 Å². The van der Waals surface area contributed by atoms with E-state index in [4.69, 9.17) is 4.98 Å². The van der Waals surface area contributed by atoms with Crippen molar-refractivity contribution in [2.45, 2.75) is 31.3 Å². The summed E-state index contributed by atoms with van der Waals surface area (Å²) in [6, 6.07) is 5.52. The number of imidazole rings is 2. The Hall–Kier alpha value is -4.09. The number of rotatable bonds is 7. The Balaban J connectivity index is 1.34. The minimum Gasteiger partial charge on any atom is -0.494 e. The second kappa shape index (κ2) is 9.41. The maximum Gasteiger partial charge on any atom is 0.261 e. The van der Waals surface area contributed by atoms with E-state index in [2.05, 4.69) is 37.2 Å². The molecule has 0 radical (unpaired) electrons. The van der Waals surface area contributed by atoms with Crippen LogP contribution < -0.4 is 10.9 Å². The van der Waals surface area contributed by atoms with Crippen LogP contribution in [0.1, 0.15) is 24.6 Å². The fraction of sp³-hybridized carbons (Fsp3) is 0.346. The molecule has 5 heterocycles. The van der Waals surface area contributed by atoms with E-state index in [0.29, 0.717) is 29.0 Å². The van der Waals surface area contributed by atoms with Crippen LogP contribution in [0.15, 0.2) is 47.9 Å². The highest BCUT2D eigenvalue weighted by Gasteiger charge is 2.23. The highest BCUT2D eigenvalue weighted by molar-refractivity contribution is 5.99. The summed E-state index contributed by atoms with van der Waals surface area (Å²) >= 11 is 0. The lowest BCUT2D eigenvalue weighted by Crippen LogP contribution is -2.31. The number of aromatic amines is 3. The number of aliphatic hydroxyl groups is 1. The maximum absolute atomic E-state index is 12.9. The van der Waals surface area contributed by atoms with Gasteiger partial charge in [-0.05, 0) is 51.2 Å². The van der Waals surface area contributed by atoms with Crippen LogP contribution in [0.5, 0.6) is 5.88 Å². The van der Waals surface area contributed by atoms with Gasteiger partial charge in [-0.1, -0.05) is 0 Å². The zero-order chi connectivity index (χ0) is 25.5. The number of hydrogen-bond acceptors (Lipinski definition) is 7. The maximum atomic E-state index is 12.9. The monoisotopic (exact) mass is 502 g/mol. The molecule has 192 valence electrons. The Labute approximate surface area is 212 Å². The van der Waals surface area contributed by atoms with Crippen molar-refractivity contribution in [3.63, 3.8) is 0 Å². The normalized spacial score (nSPS) is 16.1. The number of piperidine rings is 1. The SMILES string of the molecule is CN1CCC(n2cc3cc4[nH]c(-c5c(N[C@@H](CO)Cc6cnc[nH]6)cc[nH]c5=O)nc4cc3c2O)CC1. The Bertz CT molecular complexity index is 1590. The van der Waals surface area contributed by atoms with Gasteiger partial charge in [0.05, 0.1) is 35.7 Å². The third-order valence-corrected chi connectivity index (χ3v) is 7.30. The minimum absolute atomic E-state index is 0.128. The molecule has 0 spiro atoms. The highest BCUT2D eigenvalue weighted by Crippen LogP contribution is 2.36. The van der Waals surface area contributed by atoms with E-state index in [-0.39, 0.29) is 30.1 Å². The molecule has 0 unspecified atom stereocenters. The van der Waals surface area contributed by atoms with Gasteiger partial charge < -0.3 is 39.9 Å². The third kappa shape index (κ3) is 4.36. The lowest BCUT2D eigenvalue weighted by atomic mass is 10.1. The van der Waals surface area contributed by atoms with Gasteiger partial charge in [-0.25, -0.2) is 9.97 Å². The van der Waals surface area contributed by atoms with Crippen LogP contribution >= 0.6 is 0 Å². The zero-order valence-electron chi connectivity index (χ0n) is 20.5. The molecule has 4 aromatic heterocycles. The molecule has 1 aliphatic rings. The molecule has 0 amide bonds. The largest absolute Gasteiger partial charge is 0.494 e. The molecule has 37 heavy (non-hydrogen) atoms. The second-order valence-corrected chi connectivity index (χ2v) is 9.84. The summed E-state index contributed by atoms with van der Waals surface area (Å²) < 4.78 is 1.98. The molecular weight excluding hydrogens is 472 g/mol. The fourth-order valence-corrected chi connectivity index (χ4v) is 5.27. The molecule has 6 N–H and O–H groups in total. The van der Waals surface area contributed by atoms with Gasteiger partial charge in [0.25, 0.3) is 5.56 Å². The predicted octanol–water partition coefficient (Wildman–Crippen LogP) is 2.58. The lowest BCUT2D eigenvalue weighted by Gasteiger charge is -2.30. The molecule has 1 saturated heterocycles. The summed E-state index contributed by atoms with van der Waals surface area (Å²) in [6.45, 7) is 1.88. The second-order valence-electron chi connectivity index (χ2n) is 9.84. The third-order valence-electron chi connectivity index (χ3n) is 7.30. The molecule has 0 aliphatic carbocycles. The number of hydrogen-bond donors (Lipinski definition) is 6. The number of benzene rings is 1. The number of anilines is 1. The Morgan fingerprint density at radius 2 is 2.08 bits per heavy atom. The van der Waals surface area contributed by atoms with E-state index >= 15 is 0 Å². The van der Waals surface area contributed by atoms with Gasteiger partial charge in [0.15, 0.2) is 5.88 Å². The van der Waals surface area contributed by atoms with Gasteiger partial charge in [-0.15, -0.1) is 0 Å². The number of nitrogens with zero attached hydrogens (tertiary/aromatic N) is 4. The molecule has 0 saturated carbocycles. The Morgan fingerprint density at radius 3 is 2.84 bits per heavy atom. The number of aromatic hydroxyl groups is 1. The molecule has 1 atom stereocenters. The van der Waals surface area contributed by atoms with E-state index < -0.39 is 0 Å². The van der Waals surface area contributed by atoms with Gasteiger partial charge in [-0.2, -0.15) is 0 Å². The highest BCUT2D eigenvalue weighted by atomic mass is 16.3. The van der Waals surface area contributed by atoms with E-state index in [1.807, 2.05) is 22.9 Å². The number of likely N-dealkylation sites (tertiary alicyclic amines) is 1. The smallest absolute Gasteiger partial charge is 0.261 e. The van der Waals surface area contributed by atoms with Gasteiger partial charge in [-0.3, -0.25) is 4.79 Å². The van der Waals surface area contributed by atoms with Gasteiger partial charge in [0, 0.05) is 47.5 Å². The van der Waals surface area contributed by atoms with E-state index in [1.54, 1.807) is 24.8 Å². The van der Waals surface area contributed by atoms with Crippen LogP contribution in [0, 0.1) is 0 Å². The first-order valence-corrected chi connectivity index (χ1v) is 12.5. The van der Waals surface area contributed by atoms with Crippen LogP contribution in [-0.2, 0) is 6.42 Å². The van der Waals surface area contributed by atoms with Crippen LogP contribution in [0.2, 0.25) is 0 Å². The van der Waals surface area contributed by atoms with Crippen molar-refractivity contribution in [1.29, 1.82) is 0 Å². The average Bonchev–Trinajstić information content (AvgIpc) is 3.62. The van der Waals surface area contributed by atoms with Crippen molar-refractivity contribution in [3.05, 3.63) is 59.2 Å². The topological polar surface area (TPSA) is 151 Å². The molecule has 5 aromatic rings. The summed E-state index contributed by atoms with van der Waals surface area (Å²) in [5, 5.41) is 25.9. The number of nitrogens with one attached hydrogen (secondary N) is 4. The van der Waals surface area contributed by atoms with Gasteiger partial charge >= 0.3 is 0 Å². The first-order valence-electron chi connectivity index (χ1n) is 12.5. The Morgan fingerprint density at radius 1 is 1.24 bits per heavy atom. The standard InChI is InChI=1S/C26H30N8O3/c1-33-6-3-18(4-7-33)34-12-15-8-21-22(10-19(15)26(34)37)32-24(31-21)23-20(2-5-28-25(23)36)30-17(13-35)9-16-11-27-14-29-16/h2,5,8,10-12,14,17-18,35,37H,3-4,6-7,9,13H2,1H3,(H,27,29)(H,31,32)(H2,28,30,36)/t17-/m1/s1. The summed E-state index contributed by atoms with van der Waals surface area (Å²) in [5.74, 6) is 0.661. The quantitative estimate of drug-likeness (QED) is 0.200. The first-order chi connectivity index (χ1) is 18.0. The number of pyridine rings is 1. The fourth-order valence-electron chi connectivity index (χ4n) is 5.27. The number of H-pyrrole nitrogens is 3. The van der Waals surface area contributed by atoms with Crippen molar-refractivity contribution >= 4 is 27.5 Å². The van der Waals surface area contributed by atoms with Crippen LogP contribution in [0.4, 0.5) is 5.69 Å². The minimum atomic E-state index is -0.333. The van der Waals surface area contributed by atoms with Crippen molar-refractivity contribution < 1.29 is 10.2 Å². The van der Waals surface area contributed by atoms with Crippen LogP contribution in [0.3, 0.4) is 0 Å². The molecule has 11 heteroatoms. The first kappa shape index (κ1) is 23.3. The molecule has 1 fully saturated rings. The van der Waals surface area contributed by atoms with E-state index in [1.165, 1.54) is 0 Å². The molecule has 11 nitrogen and oxygen atoms in total. The van der Waals surface area contributed by atoms with Crippen molar-refractivity contribution in [3.8, 4) is 17.3 Å². The number of fused-ring (bicyclic) bond motifs is 2. The van der Waals surface area contributed by atoms with Gasteiger partial charge in [0.1, 0.15) is 11.4 Å². The number of aliphatic hydroxyl groups excluding tert-OH is 1. The van der Waals surface area contributed by atoms with Crippen molar-refractivity contribution in [2.75, 3.05) is 32.1 Å². The zero-order valence-corrected chi connectivity index (χ0v) is 20.5. The molecule has 6 rings (SSSR count). The molecular formula is C26H30N8O3.